The zero-order chi connectivity index (χ0) is 18.7. The van der Waals surface area contributed by atoms with Gasteiger partial charge in [0.25, 0.3) is 0 Å². The summed E-state index contributed by atoms with van der Waals surface area (Å²) in [5.41, 5.74) is 1.23. The SMILES string of the molecule is COc1ccc(CN(C)S(=O)(=O)C2COCC2c2ccccc2F)cc1. The van der Waals surface area contributed by atoms with Crippen molar-refractivity contribution in [2.45, 2.75) is 17.7 Å². The van der Waals surface area contributed by atoms with Gasteiger partial charge in [-0.1, -0.05) is 30.3 Å². The first-order chi connectivity index (χ1) is 12.4. The molecule has 5 nitrogen and oxygen atoms in total. The van der Waals surface area contributed by atoms with E-state index in [1.54, 1.807) is 37.4 Å². The Labute approximate surface area is 153 Å². The van der Waals surface area contributed by atoms with Gasteiger partial charge in [0.1, 0.15) is 16.8 Å². The minimum atomic E-state index is -3.66. The zero-order valence-electron chi connectivity index (χ0n) is 14.8. The Morgan fingerprint density at radius 2 is 1.85 bits per heavy atom. The minimum absolute atomic E-state index is 0.0638. The number of ether oxygens (including phenoxy) is 2. The van der Waals surface area contributed by atoms with Gasteiger partial charge in [0.15, 0.2) is 0 Å². The Balaban J connectivity index is 1.80. The van der Waals surface area contributed by atoms with Crippen LogP contribution in [0.2, 0.25) is 0 Å². The van der Waals surface area contributed by atoms with Crippen LogP contribution in [0.1, 0.15) is 17.0 Å². The highest BCUT2D eigenvalue weighted by Crippen LogP contribution is 2.33. The van der Waals surface area contributed by atoms with Crippen LogP contribution in [0, 0.1) is 5.82 Å². The fourth-order valence-electron chi connectivity index (χ4n) is 3.20. The van der Waals surface area contributed by atoms with E-state index in [-0.39, 0.29) is 19.8 Å². The fraction of sp³-hybridized carbons (Fsp3) is 0.368. The van der Waals surface area contributed by atoms with Crippen molar-refractivity contribution in [3.05, 3.63) is 65.5 Å². The Morgan fingerprint density at radius 1 is 1.15 bits per heavy atom. The smallest absolute Gasteiger partial charge is 0.220 e. The highest BCUT2D eigenvalue weighted by Gasteiger charge is 2.42. The largest absolute Gasteiger partial charge is 0.497 e. The number of rotatable bonds is 6. The number of nitrogens with zero attached hydrogens (tertiary/aromatic N) is 1. The molecule has 3 rings (SSSR count). The third-order valence-corrected chi connectivity index (χ3v) is 6.94. The summed E-state index contributed by atoms with van der Waals surface area (Å²) >= 11 is 0. The molecule has 1 saturated heterocycles. The van der Waals surface area contributed by atoms with Crippen LogP contribution in [0.5, 0.6) is 5.75 Å². The van der Waals surface area contributed by atoms with Gasteiger partial charge in [-0.15, -0.1) is 0 Å². The lowest BCUT2D eigenvalue weighted by Gasteiger charge is -2.25. The normalized spacial score (nSPS) is 20.5. The van der Waals surface area contributed by atoms with Crippen LogP contribution >= 0.6 is 0 Å². The van der Waals surface area contributed by atoms with E-state index in [1.165, 1.54) is 17.4 Å². The summed E-state index contributed by atoms with van der Waals surface area (Å²) in [7, 11) is -0.540. The van der Waals surface area contributed by atoms with Gasteiger partial charge in [0.05, 0.1) is 20.3 Å². The molecular weight excluding hydrogens is 357 g/mol. The minimum Gasteiger partial charge on any atom is -0.497 e. The van der Waals surface area contributed by atoms with Crippen LogP contribution in [0.15, 0.2) is 48.5 Å². The molecule has 2 atom stereocenters. The molecule has 1 heterocycles. The topological polar surface area (TPSA) is 55.8 Å². The lowest BCUT2D eigenvalue weighted by atomic mass is 9.98. The standard InChI is InChI=1S/C19H22FNO4S/c1-21(11-14-7-9-15(24-2)10-8-14)26(22,23)19-13-25-12-17(19)16-5-3-4-6-18(16)20/h3-10,17,19H,11-13H2,1-2H3. The molecule has 0 radical (unpaired) electrons. The number of methoxy groups -OCH3 is 1. The molecule has 1 aliphatic heterocycles. The predicted molar refractivity (Wildman–Crippen MR) is 97.1 cm³/mol. The van der Waals surface area contributed by atoms with E-state index in [0.29, 0.717) is 11.3 Å². The summed E-state index contributed by atoms with van der Waals surface area (Å²) in [6.45, 7) is 0.488. The maximum atomic E-state index is 14.1. The molecule has 2 aromatic rings. The van der Waals surface area contributed by atoms with E-state index in [9.17, 15) is 12.8 Å². The van der Waals surface area contributed by atoms with Crippen LogP contribution in [-0.2, 0) is 21.3 Å². The van der Waals surface area contributed by atoms with Crippen LogP contribution in [0.25, 0.3) is 0 Å². The second kappa shape index (κ2) is 7.73. The summed E-state index contributed by atoms with van der Waals surface area (Å²) in [6, 6.07) is 13.5. The number of sulfonamides is 1. The van der Waals surface area contributed by atoms with Crippen molar-refractivity contribution < 1.29 is 22.3 Å². The van der Waals surface area contributed by atoms with Crippen molar-refractivity contribution in [2.24, 2.45) is 0 Å². The fourth-order valence-corrected chi connectivity index (χ4v) is 4.90. The zero-order valence-corrected chi connectivity index (χ0v) is 15.6. The molecule has 0 amide bonds. The number of hydrogen-bond donors (Lipinski definition) is 0. The number of halogens is 1. The molecule has 0 aliphatic carbocycles. The van der Waals surface area contributed by atoms with Gasteiger partial charge >= 0.3 is 0 Å². The van der Waals surface area contributed by atoms with Gasteiger partial charge in [-0.2, -0.15) is 0 Å². The highest BCUT2D eigenvalue weighted by atomic mass is 32.2. The predicted octanol–water partition coefficient (Wildman–Crippen LogP) is 2.78. The quantitative estimate of drug-likeness (QED) is 0.775. The second-order valence-corrected chi connectivity index (χ2v) is 8.61. The van der Waals surface area contributed by atoms with E-state index in [2.05, 4.69) is 0 Å². The maximum absolute atomic E-state index is 14.1. The Bertz CT molecular complexity index is 854. The number of hydrogen-bond acceptors (Lipinski definition) is 4. The lowest BCUT2D eigenvalue weighted by Crippen LogP contribution is -2.39. The molecule has 0 aromatic heterocycles. The van der Waals surface area contributed by atoms with Crippen LogP contribution in [0.4, 0.5) is 4.39 Å². The summed E-state index contributed by atoms with van der Waals surface area (Å²) < 4.78 is 52.1. The van der Waals surface area contributed by atoms with E-state index < -0.39 is 27.0 Å². The molecule has 26 heavy (non-hydrogen) atoms. The molecular formula is C19H22FNO4S. The first kappa shape index (κ1) is 18.8. The molecule has 0 N–H and O–H groups in total. The molecule has 1 fully saturated rings. The third kappa shape index (κ3) is 3.75. The van der Waals surface area contributed by atoms with Gasteiger partial charge < -0.3 is 9.47 Å². The molecule has 7 heteroatoms. The Morgan fingerprint density at radius 3 is 2.50 bits per heavy atom. The monoisotopic (exact) mass is 379 g/mol. The molecule has 140 valence electrons. The van der Waals surface area contributed by atoms with Crippen molar-refractivity contribution in [3.63, 3.8) is 0 Å². The molecule has 2 aromatic carbocycles. The van der Waals surface area contributed by atoms with E-state index in [1.807, 2.05) is 12.1 Å². The first-order valence-electron chi connectivity index (χ1n) is 8.33. The summed E-state index contributed by atoms with van der Waals surface area (Å²) in [6.07, 6.45) is 0. The molecule has 1 aliphatic rings. The Kier molecular flexibility index (Phi) is 5.60. The molecule has 0 bridgehead atoms. The summed E-state index contributed by atoms with van der Waals surface area (Å²) in [5.74, 6) is -0.205. The van der Waals surface area contributed by atoms with E-state index in [0.717, 1.165) is 5.56 Å². The van der Waals surface area contributed by atoms with Gasteiger partial charge in [-0.25, -0.2) is 17.1 Å². The van der Waals surface area contributed by atoms with Crippen molar-refractivity contribution in [1.29, 1.82) is 0 Å². The third-order valence-electron chi connectivity index (χ3n) is 4.71. The number of benzene rings is 2. The molecule has 0 spiro atoms. The van der Waals surface area contributed by atoms with Crippen molar-refractivity contribution in [2.75, 3.05) is 27.4 Å². The second-order valence-electron chi connectivity index (χ2n) is 6.35. The highest BCUT2D eigenvalue weighted by molar-refractivity contribution is 7.89. The molecule has 2 unspecified atom stereocenters. The first-order valence-corrected chi connectivity index (χ1v) is 9.84. The van der Waals surface area contributed by atoms with Crippen molar-refractivity contribution >= 4 is 10.0 Å². The summed E-state index contributed by atoms with van der Waals surface area (Å²) in [5, 5.41) is -0.803. The van der Waals surface area contributed by atoms with E-state index in [4.69, 9.17) is 9.47 Å². The maximum Gasteiger partial charge on any atom is 0.220 e. The van der Waals surface area contributed by atoms with Gasteiger partial charge in [-0.3, -0.25) is 0 Å². The summed E-state index contributed by atoms with van der Waals surface area (Å²) in [4.78, 5) is 0. The molecule has 0 saturated carbocycles. The lowest BCUT2D eigenvalue weighted by molar-refractivity contribution is 0.193. The van der Waals surface area contributed by atoms with Crippen molar-refractivity contribution in [3.8, 4) is 5.75 Å². The average Bonchev–Trinajstić information content (AvgIpc) is 3.13. The van der Waals surface area contributed by atoms with Gasteiger partial charge in [-0.05, 0) is 29.3 Å². The van der Waals surface area contributed by atoms with E-state index >= 15 is 0 Å². The Hall–Kier alpha value is -1.96. The average molecular weight is 379 g/mol. The van der Waals surface area contributed by atoms with Gasteiger partial charge in [0, 0.05) is 19.5 Å². The van der Waals surface area contributed by atoms with Crippen LogP contribution in [0.3, 0.4) is 0 Å². The van der Waals surface area contributed by atoms with Crippen LogP contribution < -0.4 is 4.74 Å². The van der Waals surface area contributed by atoms with Crippen molar-refractivity contribution in [1.82, 2.24) is 4.31 Å². The van der Waals surface area contributed by atoms with Crippen LogP contribution in [-0.4, -0.2) is 45.3 Å². The van der Waals surface area contributed by atoms with Gasteiger partial charge in [0.2, 0.25) is 10.0 Å².